The minimum atomic E-state index is -0.721. The van der Waals surface area contributed by atoms with Gasteiger partial charge in [-0.25, -0.2) is 4.39 Å². The summed E-state index contributed by atoms with van der Waals surface area (Å²) < 4.78 is 14.4. The standard InChI is InChI=1S/C17H14ClFN2O2/c1-10(22)21-9-16(23)20-15-7-6-11(18)8-13(15)17(21)12-4-2-3-5-14(12)19/h2-8,17H,9H2,1H3,(H,20,23). The van der Waals surface area contributed by atoms with Crippen molar-refractivity contribution in [3.63, 3.8) is 0 Å². The van der Waals surface area contributed by atoms with E-state index in [0.717, 1.165) is 0 Å². The van der Waals surface area contributed by atoms with E-state index in [-0.39, 0.29) is 18.4 Å². The van der Waals surface area contributed by atoms with Gasteiger partial charge in [-0.1, -0.05) is 29.8 Å². The van der Waals surface area contributed by atoms with E-state index in [1.54, 1.807) is 36.4 Å². The molecule has 1 heterocycles. The molecule has 0 aliphatic carbocycles. The van der Waals surface area contributed by atoms with Gasteiger partial charge in [0.05, 0.1) is 6.04 Å². The number of hydrogen-bond acceptors (Lipinski definition) is 2. The van der Waals surface area contributed by atoms with Crippen molar-refractivity contribution in [2.24, 2.45) is 0 Å². The molecule has 6 heteroatoms. The molecule has 2 amide bonds. The third-order valence-corrected chi connectivity index (χ3v) is 4.05. The molecule has 1 aliphatic heterocycles. The van der Waals surface area contributed by atoms with Crippen LogP contribution in [0.5, 0.6) is 0 Å². The van der Waals surface area contributed by atoms with Crippen molar-refractivity contribution >= 4 is 29.1 Å². The zero-order chi connectivity index (χ0) is 16.6. The second-order valence-electron chi connectivity index (χ2n) is 5.35. The van der Waals surface area contributed by atoms with Crippen molar-refractivity contribution < 1.29 is 14.0 Å². The summed E-state index contributed by atoms with van der Waals surface area (Å²) in [5.74, 6) is -1.09. The minimum absolute atomic E-state index is 0.152. The van der Waals surface area contributed by atoms with Crippen molar-refractivity contribution in [1.29, 1.82) is 0 Å². The Morgan fingerprint density at radius 3 is 2.70 bits per heavy atom. The summed E-state index contributed by atoms with van der Waals surface area (Å²) in [7, 11) is 0. The first-order valence-electron chi connectivity index (χ1n) is 7.08. The van der Waals surface area contributed by atoms with Crippen LogP contribution in [-0.4, -0.2) is 23.3 Å². The predicted molar refractivity (Wildman–Crippen MR) is 85.7 cm³/mol. The molecule has 23 heavy (non-hydrogen) atoms. The number of amides is 2. The Balaban J connectivity index is 2.26. The molecular weight excluding hydrogens is 319 g/mol. The first kappa shape index (κ1) is 15.5. The molecule has 1 unspecified atom stereocenters. The Hall–Kier alpha value is -2.40. The van der Waals surface area contributed by atoms with E-state index in [2.05, 4.69) is 5.32 Å². The Bertz CT molecular complexity index is 794. The topological polar surface area (TPSA) is 49.4 Å². The van der Waals surface area contributed by atoms with E-state index >= 15 is 0 Å². The number of nitrogens with zero attached hydrogens (tertiary/aromatic N) is 1. The lowest BCUT2D eigenvalue weighted by molar-refractivity contribution is -0.134. The maximum absolute atomic E-state index is 14.4. The second-order valence-corrected chi connectivity index (χ2v) is 5.79. The first-order valence-corrected chi connectivity index (χ1v) is 7.46. The maximum atomic E-state index is 14.4. The predicted octanol–water partition coefficient (Wildman–Crippen LogP) is 3.37. The molecule has 0 saturated carbocycles. The zero-order valence-electron chi connectivity index (χ0n) is 12.3. The normalized spacial score (nSPS) is 17.3. The molecule has 0 saturated heterocycles. The Labute approximate surface area is 137 Å². The first-order chi connectivity index (χ1) is 11.0. The Morgan fingerprint density at radius 2 is 2.00 bits per heavy atom. The summed E-state index contributed by atoms with van der Waals surface area (Å²) in [4.78, 5) is 25.5. The third-order valence-electron chi connectivity index (χ3n) is 3.81. The number of fused-ring (bicyclic) bond motifs is 1. The van der Waals surface area contributed by atoms with Crippen LogP contribution in [0.15, 0.2) is 42.5 Å². The lowest BCUT2D eigenvalue weighted by atomic mass is 9.95. The van der Waals surface area contributed by atoms with Gasteiger partial charge in [0.25, 0.3) is 0 Å². The molecule has 4 nitrogen and oxygen atoms in total. The smallest absolute Gasteiger partial charge is 0.244 e. The highest BCUT2D eigenvalue weighted by molar-refractivity contribution is 6.30. The number of hydrogen-bond donors (Lipinski definition) is 1. The number of rotatable bonds is 1. The van der Waals surface area contributed by atoms with E-state index in [0.29, 0.717) is 21.8 Å². The van der Waals surface area contributed by atoms with Crippen LogP contribution in [0.2, 0.25) is 5.02 Å². The van der Waals surface area contributed by atoms with Crippen molar-refractivity contribution in [3.8, 4) is 0 Å². The Morgan fingerprint density at radius 1 is 1.26 bits per heavy atom. The largest absolute Gasteiger partial charge is 0.324 e. The molecule has 0 aromatic heterocycles. The average molecular weight is 333 g/mol. The number of benzene rings is 2. The molecule has 0 bridgehead atoms. The van der Waals surface area contributed by atoms with Gasteiger partial charge in [-0.15, -0.1) is 0 Å². The fourth-order valence-corrected chi connectivity index (χ4v) is 2.98. The maximum Gasteiger partial charge on any atom is 0.244 e. The van der Waals surface area contributed by atoms with Gasteiger partial charge < -0.3 is 10.2 Å². The molecule has 0 radical (unpaired) electrons. The van der Waals surface area contributed by atoms with E-state index in [4.69, 9.17) is 11.6 Å². The van der Waals surface area contributed by atoms with Crippen LogP contribution in [0, 0.1) is 5.82 Å². The fraction of sp³-hybridized carbons (Fsp3) is 0.176. The van der Waals surface area contributed by atoms with Crippen molar-refractivity contribution in [1.82, 2.24) is 4.90 Å². The van der Waals surface area contributed by atoms with Crippen molar-refractivity contribution in [2.75, 3.05) is 11.9 Å². The van der Waals surface area contributed by atoms with Crippen LogP contribution >= 0.6 is 11.6 Å². The second kappa shape index (κ2) is 6.01. The van der Waals surface area contributed by atoms with Crippen LogP contribution in [0.3, 0.4) is 0 Å². The van der Waals surface area contributed by atoms with Gasteiger partial charge >= 0.3 is 0 Å². The van der Waals surface area contributed by atoms with Crippen LogP contribution in [0.1, 0.15) is 24.1 Å². The average Bonchev–Trinajstić information content (AvgIpc) is 2.64. The minimum Gasteiger partial charge on any atom is -0.324 e. The van der Waals surface area contributed by atoms with Gasteiger partial charge in [0, 0.05) is 28.8 Å². The SMILES string of the molecule is CC(=O)N1CC(=O)Nc2ccc(Cl)cc2C1c1ccccc1F. The third kappa shape index (κ3) is 2.92. The molecule has 1 atom stereocenters. The molecule has 1 N–H and O–H groups in total. The van der Waals surface area contributed by atoms with Gasteiger partial charge in [-0.05, 0) is 24.3 Å². The summed E-state index contributed by atoms with van der Waals surface area (Å²) in [6.45, 7) is 1.21. The summed E-state index contributed by atoms with van der Waals surface area (Å²) >= 11 is 6.08. The highest BCUT2D eigenvalue weighted by atomic mass is 35.5. The summed E-state index contributed by atoms with van der Waals surface area (Å²) in [5.41, 5.74) is 1.43. The van der Waals surface area contributed by atoms with E-state index in [1.165, 1.54) is 17.9 Å². The zero-order valence-corrected chi connectivity index (χ0v) is 13.1. The number of carbonyl (C=O) groups is 2. The molecule has 2 aromatic rings. The molecule has 2 aromatic carbocycles. The lowest BCUT2D eigenvalue weighted by Crippen LogP contribution is -2.37. The molecule has 118 valence electrons. The van der Waals surface area contributed by atoms with E-state index < -0.39 is 11.9 Å². The van der Waals surface area contributed by atoms with Gasteiger partial charge in [-0.2, -0.15) is 0 Å². The molecule has 0 spiro atoms. The highest BCUT2D eigenvalue weighted by Gasteiger charge is 2.33. The quantitative estimate of drug-likeness (QED) is 0.870. The number of carbonyl (C=O) groups excluding carboxylic acids is 2. The van der Waals surface area contributed by atoms with Crippen LogP contribution < -0.4 is 5.32 Å². The number of nitrogens with one attached hydrogen (secondary N) is 1. The summed E-state index contributed by atoms with van der Waals surface area (Å²) in [6.07, 6.45) is 0. The fourth-order valence-electron chi connectivity index (χ4n) is 2.80. The van der Waals surface area contributed by atoms with Gasteiger partial charge in [0.1, 0.15) is 12.4 Å². The van der Waals surface area contributed by atoms with Gasteiger partial charge in [0.2, 0.25) is 11.8 Å². The summed E-state index contributed by atoms with van der Waals surface area (Å²) in [5, 5.41) is 3.19. The lowest BCUT2D eigenvalue weighted by Gasteiger charge is -2.29. The van der Waals surface area contributed by atoms with Crippen LogP contribution in [0.4, 0.5) is 10.1 Å². The number of halogens is 2. The molecule has 0 fully saturated rings. The van der Waals surface area contributed by atoms with E-state index in [1.807, 2.05) is 0 Å². The van der Waals surface area contributed by atoms with Gasteiger partial charge in [0.15, 0.2) is 0 Å². The van der Waals surface area contributed by atoms with Crippen molar-refractivity contribution in [3.05, 3.63) is 64.4 Å². The van der Waals surface area contributed by atoms with Gasteiger partial charge in [-0.3, -0.25) is 9.59 Å². The Kier molecular flexibility index (Phi) is 4.05. The number of anilines is 1. The molecule has 1 aliphatic rings. The van der Waals surface area contributed by atoms with E-state index in [9.17, 15) is 14.0 Å². The molecule has 3 rings (SSSR count). The van der Waals surface area contributed by atoms with Crippen molar-refractivity contribution in [2.45, 2.75) is 13.0 Å². The monoisotopic (exact) mass is 332 g/mol. The molecular formula is C17H14ClFN2O2. The van der Waals surface area contributed by atoms with Crippen LogP contribution in [-0.2, 0) is 9.59 Å². The summed E-state index contributed by atoms with van der Waals surface area (Å²) in [6, 6.07) is 10.4. The van der Waals surface area contributed by atoms with Crippen LogP contribution in [0.25, 0.3) is 0 Å². The highest BCUT2D eigenvalue weighted by Crippen LogP contribution is 2.38.